The van der Waals surface area contributed by atoms with Crippen LogP contribution in [0.2, 0.25) is 10.0 Å². The summed E-state index contributed by atoms with van der Waals surface area (Å²) in [7, 11) is 0. The minimum absolute atomic E-state index is 0.290. The van der Waals surface area contributed by atoms with Crippen LogP contribution in [0, 0.1) is 0 Å². The summed E-state index contributed by atoms with van der Waals surface area (Å²) in [6, 6.07) is 21.3. The molecule has 1 unspecified atom stereocenters. The number of aromatic amines is 1. The van der Waals surface area contributed by atoms with Crippen molar-refractivity contribution in [3.63, 3.8) is 0 Å². The Morgan fingerprint density at radius 2 is 1.64 bits per heavy atom. The molecule has 3 aromatic carbocycles. The van der Waals surface area contributed by atoms with Crippen LogP contribution in [-0.4, -0.2) is 47.1 Å². The fraction of sp³-hybridized carbons (Fsp3) is 0.344. The highest BCUT2D eigenvalue weighted by molar-refractivity contribution is 6.31. The highest BCUT2D eigenvalue weighted by Crippen LogP contribution is 2.39. The number of amides is 1. The lowest BCUT2D eigenvalue weighted by Crippen LogP contribution is -2.42. The molecular weight excluding hydrogens is 529 g/mol. The van der Waals surface area contributed by atoms with Gasteiger partial charge in [0, 0.05) is 33.2 Å². The molecule has 1 aromatic heterocycles. The molecule has 1 atom stereocenters. The number of ether oxygens (including phenoxy) is 1. The van der Waals surface area contributed by atoms with Gasteiger partial charge in [0.2, 0.25) is 0 Å². The Kier molecular flexibility index (Phi) is 7.83. The number of nitrogens with zero attached hydrogens (tertiary/aromatic N) is 2. The van der Waals surface area contributed by atoms with Crippen LogP contribution in [0.3, 0.4) is 0 Å². The zero-order chi connectivity index (χ0) is 26.8. The first kappa shape index (κ1) is 26.2. The molecule has 0 saturated carbocycles. The van der Waals surface area contributed by atoms with Crippen LogP contribution < -0.4 is 4.74 Å². The first-order chi connectivity index (χ1) is 19.0. The molecule has 0 spiro atoms. The van der Waals surface area contributed by atoms with Crippen LogP contribution in [0.5, 0.6) is 5.75 Å². The Morgan fingerprint density at radius 1 is 0.897 bits per heavy atom. The fourth-order valence-corrected chi connectivity index (χ4v) is 6.32. The van der Waals surface area contributed by atoms with E-state index >= 15 is 0 Å². The summed E-state index contributed by atoms with van der Waals surface area (Å²) in [5.74, 6) is 0.474. The van der Waals surface area contributed by atoms with Crippen molar-refractivity contribution in [3.8, 4) is 5.75 Å². The zero-order valence-corrected chi connectivity index (χ0v) is 23.5. The number of aromatic nitrogens is 1. The third-order valence-corrected chi connectivity index (χ3v) is 8.51. The van der Waals surface area contributed by atoms with E-state index in [1.165, 1.54) is 43.5 Å². The molecule has 0 bridgehead atoms. The number of hydrogen-bond donors (Lipinski definition) is 1. The van der Waals surface area contributed by atoms with E-state index in [-0.39, 0.29) is 12.1 Å². The summed E-state index contributed by atoms with van der Waals surface area (Å²) in [6.07, 6.45) is 6.58. The molecule has 1 fully saturated rings. The normalized spacial score (nSPS) is 17.8. The van der Waals surface area contributed by atoms with Gasteiger partial charge >= 0.3 is 6.09 Å². The maximum atomic E-state index is 13.5. The Balaban J connectivity index is 1.26. The Hall–Kier alpha value is -2.99. The average molecular weight is 563 g/mol. The van der Waals surface area contributed by atoms with Crippen LogP contribution in [0.25, 0.3) is 10.9 Å². The number of carbonyl (C=O) groups excluding carboxylic acids is 1. The predicted molar refractivity (Wildman–Crippen MR) is 158 cm³/mol. The van der Waals surface area contributed by atoms with E-state index < -0.39 is 0 Å². The molecule has 0 aliphatic carbocycles. The largest absolute Gasteiger partial charge is 0.416 e. The monoisotopic (exact) mass is 561 g/mol. The highest BCUT2D eigenvalue weighted by atomic mass is 35.5. The van der Waals surface area contributed by atoms with E-state index in [1.807, 2.05) is 23.1 Å². The van der Waals surface area contributed by atoms with Crippen molar-refractivity contribution in [2.24, 2.45) is 0 Å². The second-order valence-corrected chi connectivity index (χ2v) is 11.5. The molecule has 1 amide bonds. The van der Waals surface area contributed by atoms with Gasteiger partial charge in [-0.3, -0.25) is 4.90 Å². The molecule has 7 heteroatoms. The molecular formula is C32H33Cl2N3O2. The Bertz CT molecular complexity index is 1440. The molecule has 2 aliphatic heterocycles. The van der Waals surface area contributed by atoms with Crippen LogP contribution in [-0.2, 0) is 12.8 Å². The van der Waals surface area contributed by atoms with Crippen molar-refractivity contribution in [1.29, 1.82) is 0 Å². The van der Waals surface area contributed by atoms with Gasteiger partial charge in [-0.05, 0) is 111 Å². The summed E-state index contributed by atoms with van der Waals surface area (Å²) in [4.78, 5) is 21.5. The molecule has 3 heterocycles. The SMILES string of the molecule is O=C(Oc1ccc(Cl)cc1)N1CCc2c([nH]c3ccc(Cl)cc23)C1c1ccc(CCCN2CCCCC2)cc1. The summed E-state index contributed by atoms with van der Waals surface area (Å²) in [5, 5.41) is 2.42. The number of benzene rings is 3. The molecule has 1 N–H and O–H groups in total. The van der Waals surface area contributed by atoms with Gasteiger partial charge < -0.3 is 14.6 Å². The molecule has 6 rings (SSSR count). The number of fused-ring (bicyclic) bond motifs is 3. The van der Waals surface area contributed by atoms with Crippen LogP contribution in [0.15, 0.2) is 66.7 Å². The number of nitrogens with one attached hydrogen (secondary N) is 1. The smallest absolute Gasteiger partial charge is 0.410 e. The van der Waals surface area contributed by atoms with Gasteiger partial charge in [-0.25, -0.2) is 4.79 Å². The molecule has 0 radical (unpaired) electrons. The minimum atomic E-state index is -0.379. The number of likely N-dealkylation sites (tertiary alicyclic amines) is 1. The Labute approximate surface area is 239 Å². The molecule has 1 saturated heterocycles. The van der Waals surface area contributed by atoms with Crippen LogP contribution in [0.1, 0.15) is 54.1 Å². The fourth-order valence-electron chi connectivity index (χ4n) is 6.02. The van der Waals surface area contributed by atoms with Crippen molar-refractivity contribution in [2.75, 3.05) is 26.2 Å². The first-order valence-electron chi connectivity index (χ1n) is 13.9. The minimum Gasteiger partial charge on any atom is -0.410 e. The second-order valence-electron chi connectivity index (χ2n) is 10.6. The number of hydrogen-bond acceptors (Lipinski definition) is 3. The predicted octanol–water partition coefficient (Wildman–Crippen LogP) is 8.04. The summed E-state index contributed by atoms with van der Waals surface area (Å²) < 4.78 is 5.79. The molecule has 39 heavy (non-hydrogen) atoms. The van der Waals surface area contributed by atoms with Gasteiger partial charge in [0.15, 0.2) is 0 Å². The molecule has 4 aromatic rings. The standard InChI is InChI=1S/C32H33Cl2N3O2/c33-24-10-13-26(14-11-24)39-32(38)37-20-16-27-28-21-25(34)12-15-29(28)35-30(27)31(37)23-8-6-22(7-9-23)5-4-19-36-17-2-1-3-18-36/h6-15,21,31,35H,1-5,16-20H2. The van der Waals surface area contributed by atoms with E-state index in [4.69, 9.17) is 27.9 Å². The number of aryl methyl sites for hydroxylation is 1. The van der Waals surface area contributed by atoms with Crippen molar-refractivity contribution in [3.05, 3.63) is 99.2 Å². The zero-order valence-electron chi connectivity index (χ0n) is 22.0. The number of piperidine rings is 1. The lowest BCUT2D eigenvalue weighted by molar-refractivity contribution is 0.135. The first-order valence-corrected chi connectivity index (χ1v) is 14.7. The van der Waals surface area contributed by atoms with Crippen molar-refractivity contribution in [1.82, 2.24) is 14.8 Å². The topological polar surface area (TPSA) is 48.6 Å². The van der Waals surface area contributed by atoms with E-state index in [0.717, 1.165) is 48.0 Å². The third kappa shape index (κ3) is 5.81. The van der Waals surface area contributed by atoms with Gasteiger partial charge in [-0.15, -0.1) is 0 Å². The average Bonchev–Trinajstić information content (AvgIpc) is 3.32. The molecule has 5 nitrogen and oxygen atoms in total. The van der Waals surface area contributed by atoms with Crippen LogP contribution in [0.4, 0.5) is 4.79 Å². The van der Waals surface area contributed by atoms with Gasteiger partial charge in [0.25, 0.3) is 0 Å². The van der Waals surface area contributed by atoms with Crippen LogP contribution >= 0.6 is 23.2 Å². The maximum absolute atomic E-state index is 13.5. The lowest BCUT2D eigenvalue weighted by Gasteiger charge is -2.35. The van der Waals surface area contributed by atoms with Crippen molar-refractivity contribution in [2.45, 2.75) is 44.6 Å². The molecule has 2 aliphatic rings. The van der Waals surface area contributed by atoms with E-state index in [1.54, 1.807) is 24.3 Å². The summed E-state index contributed by atoms with van der Waals surface area (Å²) in [6.45, 7) is 4.18. The maximum Gasteiger partial charge on any atom is 0.416 e. The quantitative estimate of drug-likeness (QED) is 0.259. The van der Waals surface area contributed by atoms with Gasteiger partial charge in [0.1, 0.15) is 11.8 Å². The van der Waals surface area contributed by atoms with E-state index in [0.29, 0.717) is 22.3 Å². The lowest BCUT2D eigenvalue weighted by atomic mass is 9.92. The van der Waals surface area contributed by atoms with E-state index in [9.17, 15) is 4.79 Å². The Morgan fingerprint density at radius 3 is 2.41 bits per heavy atom. The third-order valence-electron chi connectivity index (χ3n) is 8.03. The number of carbonyl (C=O) groups is 1. The van der Waals surface area contributed by atoms with Crippen molar-refractivity contribution >= 4 is 40.2 Å². The number of halogens is 2. The highest BCUT2D eigenvalue weighted by Gasteiger charge is 2.35. The number of H-pyrrole nitrogens is 1. The molecule has 202 valence electrons. The van der Waals surface area contributed by atoms with Gasteiger partial charge in [-0.1, -0.05) is 53.9 Å². The summed E-state index contributed by atoms with van der Waals surface area (Å²) in [5.41, 5.74) is 5.63. The van der Waals surface area contributed by atoms with Gasteiger partial charge in [-0.2, -0.15) is 0 Å². The van der Waals surface area contributed by atoms with E-state index in [2.05, 4.69) is 34.1 Å². The number of rotatable bonds is 6. The summed E-state index contributed by atoms with van der Waals surface area (Å²) >= 11 is 12.4. The van der Waals surface area contributed by atoms with Gasteiger partial charge in [0.05, 0.1) is 0 Å². The second kappa shape index (κ2) is 11.6. The van der Waals surface area contributed by atoms with Crippen molar-refractivity contribution < 1.29 is 9.53 Å².